The first-order chi connectivity index (χ1) is 15.2. The van der Waals surface area contributed by atoms with Crippen LogP contribution in [0.15, 0.2) is 29.1 Å². The molecule has 0 radical (unpaired) electrons. The summed E-state index contributed by atoms with van der Waals surface area (Å²) in [4.78, 5) is 27.0. The largest absolute Gasteiger partial charge is 0.494 e. The zero-order chi connectivity index (χ0) is 21.8. The molecule has 1 fully saturated rings. The maximum Gasteiger partial charge on any atom is 0.265 e. The molecule has 31 heavy (non-hydrogen) atoms. The third-order valence-electron chi connectivity index (χ3n) is 6.47. The number of aromatic nitrogens is 1. The normalized spacial score (nSPS) is 14.9. The fourth-order valence-electron chi connectivity index (χ4n) is 4.77. The van der Waals surface area contributed by atoms with Crippen LogP contribution in [0.1, 0.15) is 68.0 Å². The number of hydrogen-bond donors (Lipinski definition) is 1. The van der Waals surface area contributed by atoms with Gasteiger partial charge in [-0.15, -0.1) is 11.3 Å². The predicted octanol–water partition coefficient (Wildman–Crippen LogP) is 5.73. The number of para-hydroxylation sites is 1. The van der Waals surface area contributed by atoms with Crippen molar-refractivity contribution in [3.05, 3.63) is 39.5 Å². The van der Waals surface area contributed by atoms with Crippen molar-refractivity contribution in [3.8, 4) is 5.75 Å². The Labute approximate surface area is 187 Å². The number of rotatable bonds is 8. The van der Waals surface area contributed by atoms with E-state index in [0.29, 0.717) is 35.0 Å². The maximum absolute atomic E-state index is 13.4. The van der Waals surface area contributed by atoms with Crippen molar-refractivity contribution in [1.82, 2.24) is 9.88 Å². The van der Waals surface area contributed by atoms with Crippen LogP contribution in [0, 0.1) is 5.92 Å². The zero-order valence-corrected chi connectivity index (χ0v) is 19.4. The molecule has 1 saturated carbocycles. The zero-order valence-electron chi connectivity index (χ0n) is 18.5. The first-order valence-electron chi connectivity index (χ1n) is 11.6. The number of hydrogen-bond acceptors (Lipinski definition) is 4. The van der Waals surface area contributed by atoms with Gasteiger partial charge in [0.05, 0.1) is 17.3 Å². The molecule has 5 nitrogen and oxygen atoms in total. The van der Waals surface area contributed by atoms with Gasteiger partial charge in [0.25, 0.3) is 11.5 Å². The molecule has 1 aromatic carbocycles. The van der Waals surface area contributed by atoms with E-state index >= 15 is 0 Å². The third kappa shape index (κ3) is 4.36. The Hall–Kier alpha value is -2.34. The van der Waals surface area contributed by atoms with Crippen molar-refractivity contribution in [2.45, 2.75) is 64.8 Å². The quantitative estimate of drug-likeness (QED) is 0.487. The highest BCUT2D eigenvalue weighted by atomic mass is 32.1. The molecule has 0 aliphatic heterocycles. The van der Waals surface area contributed by atoms with Crippen LogP contribution in [0.3, 0.4) is 0 Å². The van der Waals surface area contributed by atoms with E-state index in [9.17, 15) is 9.59 Å². The minimum Gasteiger partial charge on any atom is -0.494 e. The number of methoxy groups -OCH3 is 1. The average molecular weight is 441 g/mol. The summed E-state index contributed by atoms with van der Waals surface area (Å²) in [6.07, 6.45) is 9.44. The Morgan fingerprint density at radius 3 is 2.74 bits per heavy atom. The lowest BCUT2D eigenvalue weighted by atomic mass is 9.87. The highest BCUT2D eigenvalue weighted by molar-refractivity contribution is 7.22. The molecule has 4 rings (SSSR count). The van der Waals surface area contributed by atoms with Gasteiger partial charge < -0.3 is 14.6 Å². The van der Waals surface area contributed by atoms with Crippen molar-refractivity contribution in [1.29, 1.82) is 0 Å². The van der Waals surface area contributed by atoms with Gasteiger partial charge in [0.15, 0.2) is 5.75 Å². The van der Waals surface area contributed by atoms with Crippen LogP contribution in [-0.2, 0) is 6.54 Å². The van der Waals surface area contributed by atoms with Crippen molar-refractivity contribution in [3.63, 3.8) is 0 Å². The summed E-state index contributed by atoms with van der Waals surface area (Å²) in [5.74, 6) is 0.988. The molecule has 0 spiro atoms. The van der Waals surface area contributed by atoms with Crippen molar-refractivity contribution < 1.29 is 9.53 Å². The molecule has 2 aromatic heterocycles. The molecule has 0 bridgehead atoms. The number of benzene rings is 1. The van der Waals surface area contributed by atoms with E-state index in [1.165, 1.54) is 43.4 Å². The van der Waals surface area contributed by atoms with E-state index in [-0.39, 0.29) is 11.5 Å². The molecule has 0 saturated heterocycles. The van der Waals surface area contributed by atoms with Crippen LogP contribution >= 0.6 is 11.3 Å². The number of carbonyl (C=O) groups is 1. The minimum absolute atomic E-state index is 0.0727. The first-order valence-corrected chi connectivity index (χ1v) is 12.4. The van der Waals surface area contributed by atoms with E-state index in [4.69, 9.17) is 4.74 Å². The SMILES string of the molecule is CCCCn1c(=O)c2c(OC)c(C(=O)NCCC3CCCCC3)sc2c2ccccc21. The number of pyridine rings is 1. The molecule has 0 atom stereocenters. The number of unbranched alkanes of at least 4 members (excludes halogenated alkanes) is 1. The summed E-state index contributed by atoms with van der Waals surface area (Å²) in [5.41, 5.74) is 0.845. The van der Waals surface area contributed by atoms with E-state index in [1.54, 1.807) is 7.11 Å². The Morgan fingerprint density at radius 1 is 1.23 bits per heavy atom. The third-order valence-corrected chi connectivity index (χ3v) is 7.67. The minimum atomic E-state index is -0.141. The van der Waals surface area contributed by atoms with Gasteiger partial charge in [-0.3, -0.25) is 9.59 Å². The Kier molecular flexibility index (Phi) is 6.96. The number of nitrogens with one attached hydrogen (secondary N) is 1. The number of aryl methyl sites for hydroxylation is 1. The van der Waals surface area contributed by atoms with Crippen LogP contribution in [0.4, 0.5) is 0 Å². The molecular formula is C25H32N2O3S. The van der Waals surface area contributed by atoms with Crippen molar-refractivity contribution in [2.24, 2.45) is 5.92 Å². The summed E-state index contributed by atoms with van der Waals surface area (Å²) in [6.45, 7) is 3.45. The lowest BCUT2D eigenvalue weighted by Crippen LogP contribution is -2.26. The topological polar surface area (TPSA) is 60.3 Å². The van der Waals surface area contributed by atoms with Gasteiger partial charge in [-0.25, -0.2) is 0 Å². The molecule has 166 valence electrons. The second kappa shape index (κ2) is 9.86. The predicted molar refractivity (Wildman–Crippen MR) is 129 cm³/mol. The van der Waals surface area contributed by atoms with Crippen LogP contribution in [-0.4, -0.2) is 24.1 Å². The molecular weight excluding hydrogens is 408 g/mol. The summed E-state index contributed by atoms with van der Waals surface area (Å²) >= 11 is 1.37. The molecule has 1 N–H and O–H groups in total. The summed E-state index contributed by atoms with van der Waals surface area (Å²) in [5, 5.41) is 4.61. The molecule has 0 unspecified atom stereocenters. The van der Waals surface area contributed by atoms with E-state index < -0.39 is 0 Å². The second-order valence-corrected chi connectivity index (χ2v) is 9.57. The van der Waals surface area contributed by atoms with Gasteiger partial charge in [0.1, 0.15) is 10.3 Å². The number of amides is 1. The fraction of sp³-hybridized carbons (Fsp3) is 0.520. The van der Waals surface area contributed by atoms with Gasteiger partial charge in [-0.1, -0.05) is 63.6 Å². The van der Waals surface area contributed by atoms with Crippen molar-refractivity contribution >= 4 is 38.2 Å². The second-order valence-electron chi connectivity index (χ2n) is 8.54. The lowest BCUT2D eigenvalue weighted by molar-refractivity contribution is 0.0952. The summed E-state index contributed by atoms with van der Waals surface area (Å²) in [7, 11) is 1.55. The van der Waals surface area contributed by atoms with E-state index in [2.05, 4.69) is 12.2 Å². The highest BCUT2D eigenvalue weighted by Gasteiger charge is 2.25. The Balaban J connectivity index is 1.69. The van der Waals surface area contributed by atoms with E-state index in [0.717, 1.165) is 34.9 Å². The smallest absolute Gasteiger partial charge is 0.265 e. The highest BCUT2D eigenvalue weighted by Crippen LogP contribution is 2.39. The lowest BCUT2D eigenvalue weighted by Gasteiger charge is -2.21. The van der Waals surface area contributed by atoms with Crippen LogP contribution in [0.5, 0.6) is 5.75 Å². The molecule has 6 heteroatoms. The monoisotopic (exact) mass is 440 g/mol. The maximum atomic E-state index is 13.4. The van der Waals surface area contributed by atoms with Gasteiger partial charge in [-0.2, -0.15) is 0 Å². The molecule has 1 amide bonds. The Morgan fingerprint density at radius 2 is 2.00 bits per heavy atom. The van der Waals surface area contributed by atoms with Gasteiger partial charge in [0.2, 0.25) is 0 Å². The molecule has 2 heterocycles. The Bertz CT molecular complexity index is 1130. The van der Waals surface area contributed by atoms with Gasteiger partial charge in [-0.05, 0) is 24.8 Å². The van der Waals surface area contributed by atoms with E-state index in [1.807, 2.05) is 28.8 Å². The van der Waals surface area contributed by atoms with Gasteiger partial charge >= 0.3 is 0 Å². The molecule has 3 aromatic rings. The molecule has 1 aliphatic rings. The number of fused-ring (bicyclic) bond motifs is 3. The van der Waals surface area contributed by atoms with Crippen LogP contribution in [0.25, 0.3) is 21.0 Å². The first kappa shape index (κ1) is 21.9. The number of nitrogens with zero attached hydrogens (tertiary/aromatic N) is 1. The number of carbonyl (C=O) groups excluding carboxylic acids is 1. The summed E-state index contributed by atoms with van der Waals surface area (Å²) in [6, 6.07) is 7.95. The average Bonchev–Trinajstić information content (AvgIpc) is 3.20. The molecule has 1 aliphatic carbocycles. The standard InChI is InChI=1S/C25H32N2O3S/c1-3-4-16-27-19-13-9-8-12-18(19)22-20(25(27)29)21(30-2)23(31-22)24(28)26-15-14-17-10-6-5-7-11-17/h8-9,12-13,17H,3-7,10-11,14-16H2,1-2H3,(H,26,28). The van der Waals surface area contributed by atoms with Crippen molar-refractivity contribution in [2.75, 3.05) is 13.7 Å². The van der Waals surface area contributed by atoms with Gasteiger partial charge in [0, 0.05) is 18.5 Å². The number of thiophene rings is 1. The summed E-state index contributed by atoms with van der Waals surface area (Å²) < 4.78 is 8.31. The fourth-order valence-corrected chi connectivity index (χ4v) is 5.99. The number of ether oxygens (including phenoxy) is 1. The van der Waals surface area contributed by atoms with Crippen LogP contribution < -0.4 is 15.6 Å². The van der Waals surface area contributed by atoms with Crippen LogP contribution in [0.2, 0.25) is 0 Å².